The summed E-state index contributed by atoms with van der Waals surface area (Å²) in [4.78, 5) is 31.0. The average Bonchev–Trinajstić information content (AvgIpc) is 3.24. The van der Waals surface area contributed by atoms with E-state index in [-0.39, 0.29) is 30.1 Å². The molecule has 2 amide bonds. The molecule has 2 N–H and O–H groups in total. The van der Waals surface area contributed by atoms with Gasteiger partial charge >= 0.3 is 0 Å². The lowest BCUT2D eigenvalue weighted by atomic mass is 9.96. The first-order valence-corrected chi connectivity index (χ1v) is 13.7. The van der Waals surface area contributed by atoms with E-state index in [1.54, 1.807) is 6.07 Å². The fourth-order valence-electron chi connectivity index (χ4n) is 3.38. The Kier molecular flexibility index (Phi) is 17.4. The predicted molar refractivity (Wildman–Crippen MR) is 155 cm³/mol. The number of hydrogen-bond donors (Lipinski definition) is 2. The number of nitrogens with zero attached hydrogens (tertiary/aromatic N) is 2. The largest absolute Gasteiger partial charge is 0.358 e. The zero-order valence-corrected chi connectivity index (χ0v) is 24.9. The number of nitrogens with one attached hydrogen (secondary N) is 2. The van der Waals surface area contributed by atoms with Crippen LogP contribution < -0.4 is 10.6 Å². The number of amides is 2. The molecule has 1 heterocycles. The minimum absolute atomic E-state index is 0.0508. The minimum atomic E-state index is -0.362. The van der Waals surface area contributed by atoms with Crippen LogP contribution in [0.3, 0.4) is 0 Å². The highest BCUT2D eigenvalue weighted by atomic mass is 19.1. The van der Waals surface area contributed by atoms with Gasteiger partial charge in [0.15, 0.2) is 0 Å². The number of halogens is 1. The van der Waals surface area contributed by atoms with E-state index < -0.39 is 0 Å². The third-order valence-corrected chi connectivity index (χ3v) is 5.17. The first-order valence-electron chi connectivity index (χ1n) is 13.7. The molecule has 0 aromatic heterocycles. The van der Waals surface area contributed by atoms with Crippen molar-refractivity contribution in [3.63, 3.8) is 0 Å². The molecule has 0 saturated carbocycles. The van der Waals surface area contributed by atoms with Crippen LogP contribution in [-0.2, 0) is 9.59 Å². The summed E-state index contributed by atoms with van der Waals surface area (Å²) in [5, 5.41) is 5.12. The Morgan fingerprint density at radius 2 is 1.70 bits per heavy atom. The maximum atomic E-state index is 14.1. The van der Waals surface area contributed by atoms with E-state index in [9.17, 15) is 14.0 Å². The minimum Gasteiger partial charge on any atom is -0.358 e. The smallest absolute Gasteiger partial charge is 0.270 e. The van der Waals surface area contributed by atoms with Crippen molar-refractivity contribution in [3.05, 3.63) is 46.4 Å². The number of hydrogen-bond acceptors (Lipinski definition) is 4. The second-order valence-electron chi connectivity index (χ2n) is 10.5. The lowest BCUT2D eigenvalue weighted by Crippen LogP contribution is -2.36. The van der Waals surface area contributed by atoms with Crippen molar-refractivity contribution in [2.45, 2.75) is 87.0 Å². The van der Waals surface area contributed by atoms with Crippen LogP contribution in [0, 0.1) is 11.7 Å². The number of rotatable bonds is 10. The van der Waals surface area contributed by atoms with Gasteiger partial charge in [0.25, 0.3) is 5.91 Å². The van der Waals surface area contributed by atoms with Crippen LogP contribution in [0.2, 0.25) is 0 Å². The summed E-state index contributed by atoms with van der Waals surface area (Å²) < 4.78 is 14.1. The van der Waals surface area contributed by atoms with Gasteiger partial charge in [-0.3, -0.25) is 9.59 Å². The van der Waals surface area contributed by atoms with Crippen molar-refractivity contribution < 1.29 is 14.0 Å². The van der Waals surface area contributed by atoms with E-state index >= 15 is 0 Å². The molecule has 0 spiro atoms. The molecule has 0 fully saturated rings. The summed E-state index contributed by atoms with van der Waals surface area (Å²) in [5.41, 5.74) is 3.47. The molecule has 0 bridgehead atoms. The monoisotopic (exact) mass is 518 g/mol. The zero-order valence-electron chi connectivity index (χ0n) is 24.9. The molecule has 0 saturated heterocycles. The fourth-order valence-corrected chi connectivity index (χ4v) is 3.38. The summed E-state index contributed by atoms with van der Waals surface area (Å²) in [6.45, 7) is 18.2. The highest BCUT2D eigenvalue weighted by Gasteiger charge is 2.25. The first-order chi connectivity index (χ1) is 17.4. The van der Waals surface area contributed by atoms with Crippen molar-refractivity contribution in [1.29, 1.82) is 0 Å². The number of unbranched alkanes of at least 4 members (excludes halogenated alkanes) is 1. The van der Waals surface area contributed by atoms with Gasteiger partial charge < -0.3 is 15.5 Å². The van der Waals surface area contributed by atoms with E-state index in [0.29, 0.717) is 24.2 Å². The van der Waals surface area contributed by atoms with E-state index in [2.05, 4.69) is 62.1 Å². The van der Waals surface area contributed by atoms with Crippen LogP contribution in [0.25, 0.3) is 0 Å². The van der Waals surface area contributed by atoms with Gasteiger partial charge in [-0.15, -0.1) is 0 Å². The fraction of sp³-hybridized carbons (Fsp3) is 0.633. The number of benzene rings is 1. The quantitative estimate of drug-likeness (QED) is 0.395. The van der Waals surface area contributed by atoms with Crippen LogP contribution in [0.5, 0.6) is 0 Å². The molecule has 0 aliphatic carbocycles. The van der Waals surface area contributed by atoms with Gasteiger partial charge in [-0.05, 0) is 60.7 Å². The molecule has 0 radical (unpaired) electrons. The summed E-state index contributed by atoms with van der Waals surface area (Å²) >= 11 is 0. The number of aliphatic imine (C=N–C) groups is 1. The summed E-state index contributed by atoms with van der Waals surface area (Å²) in [6, 6.07) is 5.00. The Morgan fingerprint density at radius 3 is 2.22 bits per heavy atom. The second-order valence-corrected chi connectivity index (χ2v) is 10.5. The normalized spacial score (nSPS) is 12.6. The third-order valence-electron chi connectivity index (χ3n) is 5.17. The maximum Gasteiger partial charge on any atom is 0.270 e. The maximum absolute atomic E-state index is 14.1. The average molecular weight is 519 g/mol. The standard InChI is InChI=1S/C23H33FN4O2.C4H10.C3H8/c1-6-7-10-28(5)14-17-12-20(16-8-9-19(24)18(11-16)15(2)3)27-22(17)23(30)26-13-21(29)25-4;1-4(2)3;1-3-2/h8-9,11,15H,6-7,10,12-14H2,1-5H3,(H,25,29)(H,26,30);4H,1-3H3;3H2,1-2H3. The van der Waals surface area contributed by atoms with Gasteiger partial charge in [0.1, 0.15) is 11.5 Å². The third kappa shape index (κ3) is 13.5. The van der Waals surface area contributed by atoms with E-state index in [1.807, 2.05) is 27.0 Å². The van der Waals surface area contributed by atoms with E-state index in [0.717, 1.165) is 42.2 Å². The molecule has 7 heteroatoms. The van der Waals surface area contributed by atoms with Crippen molar-refractivity contribution >= 4 is 17.5 Å². The molecular formula is C30H51FN4O2. The second kappa shape index (κ2) is 18.7. The summed E-state index contributed by atoms with van der Waals surface area (Å²) in [6.07, 6.45) is 3.95. The van der Waals surface area contributed by atoms with E-state index in [4.69, 9.17) is 0 Å². The molecule has 37 heavy (non-hydrogen) atoms. The van der Waals surface area contributed by atoms with Crippen molar-refractivity contribution in [2.75, 3.05) is 33.7 Å². The molecule has 1 aliphatic heterocycles. The van der Waals surface area contributed by atoms with Gasteiger partial charge in [0.2, 0.25) is 5.91 Å². The predicted octanol–water partition coefficient (Wildman–Crippen LogP) is 6.07. The van der Waals surface area contributed by atoms with Gasteiger partial charge in [0, 0.05) is 20.0 Å². The summed E-state index contributed by atoms with van der Waals surface area (Å²) in [7, 11) is 3.55. The van der Waals surface area contributed by atoms with Crippen LogP contribution in [0.4, 0.5) is 4.39 Å². The van der Waals surface area contributed by atoms with Gasteiger partial charge in [0.05, 0.1) is 12.3 Å². The molecule has 210 valence electrons. The summed E-state index contributed by atoms with van der Waals surface area (Å²) in [5.74, 6) is 0.0184. The number of likely N-dealkylation sites (N-methyl/N-ethyl adjacent to an activating group) is 2. The lowest BCUT2D eigenvalue weighted by molar-refractivity contribution is -0.124. The SMILES string of the molecule is CC(C)C.CCC.CCCCN(C)CC1=C(C(=O)NCC(=O)NC)N=C(c2ccc(F)c(C(C)C)c2)C1. The highest BCUT2D eigenvalue weighted by molar-refractivity contribution is 6.10. The Hall–Kier alpha value is -2.54. The lowest BCUT2D eigenvalue weighted by Gasteiger charge is -2.18. The van der Waals surface area contributed by atoms with Crippen LogP contribution >= 0.6 is 0 Å². The molecule has 6 nitrogen and oxygen atoms in total. The Morgan fingerprint density at radius 1 is 1.11 bits per heavy atom. The Bertz CT molecular complexity index is 904. The van der Waals surface area contributed by atoms with Gasteiger partial charge in [-0.1, -0.05) is 74.3 Å². The molecule has 0 unspecified atom stereocenters. The Balaban J connectivity index is 0.00000165. The molecule has 0 atom stereocenters. The number of carbonyl (C=O) groups is 2. The van der Waals surface area contributed by atoms with Gasteiger partial charge in [-0.2, -0.15) is 0 Å². The molecule has 1 aromatic carbocycles. The molecule has 2 rings (SSSR count). The van der Waals surface area contributed by atoms with Crippen molar-refractivity contribution in [3.8, 4) is 0 Å². The molecule has 1 aliphatic rings. The van der Waals surface area contributed by atoms with Crippen molar-refractivity contribution in [2.24, 2.45) is 10.9 Å². The Labute approximate surface area is 225 Å². The zero-order chi connectivity index (χ0) is 28.5. The van der Waals surface area contributed by atoms with E-state index in [1.165, 1.54) is 19.5 Å². The molecule has 1 aromatic rings. The van der Waals surface area contributed by atoms with Crippen LogP contribution in [0.1, 0.15) is 98.1 Å². The molecular weight excluding hydrogens is 467 g/mol. The first kappa shape index (κ1) is 34.5. The van der Waals surface area contributed by atoms with Crippen LogP contribution in [0.15, 0.2) is 34.5 Å². The number of carbonyl (C=O) groups excluding carboxylic acids is 2. The van der Waals surface area contributed by atoms with Crippen molar-refractivity contribution in [1.82, 2.24) is 15.5 Å². The van der Waals surface area contributed by atoms with Gasteiger partial charge in [-0.25, -0.2) is 9.38 Å². The highest BCUT2D eigenvalue weighted by Crippen LogP contribution is 2.27. The van der Waals surface area contributed by atoms with Crippen LogP contribution in [-0.4, -0.2) is 56.2 Å². The topological polar surface area (TPSA) is 73.8 Å².